The van der Waals surface area contributed by atoms with E-state index in [4.69, 9.17) is 0 Å². The Labute approximate surface area is 137 Å². The van der Waals surface area contributed by atoms with Crippen LogP contribution in [-0.4, -0.2) is 49.3 Å². The van der Waals surface area contributed by atoms with Crippen LogP contribution in [-0.2, 0) is 0 Å². The number of rotatable bonds is 7. The summed E-state index contributed by atoms with van der Waals surface area (Å²) >= 11 is 0. The number of nitrogens with one attached hydrogen (secondary N) is 2. The standard InChI is InChI=1S/C17H28FN3O2/c1-12(17(2,3)11-21(4)5)20-16(23)19-10-15(22)13-8-6-7-9-14(13)18/h6-9,12,15,22H,10-11H2,1-5H3,(H2,19,20,23). The Bertz CT molecular complexity index is 520. The molecule has 2 unspecified atom stereocenters. The molecule has 2 atom stereocenters. The van der Waals surface area contributed by atoms with Crippen molar-refractivity contribution in [3.8, 4) is 0 Å². The molecule has 0 radical (unpaired) electrons. The zero-order valence-electron chi connectivity index (χ0n) is 14.6. The Morgan fingerprint density at radius 3 is 2.52 bits per heavy atom. The number of urea groups is 1. The van der Waals surface area contributed by atoms with Crippen LogP contribution in [0.5, 0.6) is 0 Å². The smallest absolute Gasteiger partial charge is 0.315 e. The average molecular weight is 325 g/mol. The fourth-order valence-electron chi connectivity index (χ4n) is 2.44. The molecule has 0 heterocycles. The van der Waals surface area contributed by atoms with Crippen LogP contribution >= 0.6 is 0 Å². The van der Waals surface area contributed by atoms with Gasteiger partial charge in [-0.3, -0.25) is 0 Å². The van der Waals surface area contributed by atoms with Crippen LogP contribution in [0.1, 0.15) is 32.4 Å². The van der Waals surface area contributed by atoms with E-state index in [1.165, 1.54) is 12.1 Å². The minimum atomic E-state index is -1.08. The van der Waals surface area contributed by atoms with E-state index in [0.717, 1.165) is 6.54 Å². The van der Waals surface area contributed by atoms with Gasteiger partial charge in [0.1, 0.15) is 5.82 Å². The molecule has 0 aliphatic carbocycles. The summed E-state index contributed by atoms with van der Waals surface area (Å²) in [6, 6.07) is 5.55. The summed E-state index contributed by atoms with van der Waals surface area (Å²) in [6.45, 7) is 6.87. The fourth-order valence-corrected chi connectivity index (χ4v) is 2.44. The third kappa shape index (κ3) is 6.15. The maximum absolute atomic E-state index is 13.6. The Morgan fingerprint density at radius 1 is 1.35 bits per heavy atom. The molecular formula is C17H28FN3O2. The second-order valence-electron chi connectivity index (χ2n) is 6.84. The van der Waals surface area contributed by atoms with E-state index in [1.807, 2.05) is 21.0 Å². The number of benzene rings is 1. The first-order valence-corrected chi connectivity index (χ1v) is 7.75. The third-order valence-electron chi connectivity index (χ3n) is 3.96. The number of nitrogens with zero attached hydrogens (tertiary/aromatic N) is 1. The van der Waals surface area contributed by atoms with E-state index >= 15 is 0 Å². The topological polar surface area (TPSA) is 64.6 Å². The summed E-state index contributed by atoms with van der Waals surface area (Å²) in [4.78, 5) is 14.0. The first-order chi connectivity index (χ1) is 10.6. The highest BCUT2D eigenvalue weighted by Crippen LogP contribution is 2.21. The van der Waals surface area contributed by atoms with Gasteiger partial charge in [-0.1, -0.05) is 32.0 Å². The molecule has 0 aliphatic rings. The van der Waals surface area contributed by atoms with Crippen LogP contribution in [0.3, 0.4) is 0 Å². The molecule has 130 valence electrons. The lowest BCUT2D eigenvalue weighted by Gasteiger charge is -2.34. The van der Waals surface area contributed by atoms with Crippen LogP contribution in [0, 0.1) is 11.2 Å². The summed E-state index contributed by atoms with van der Waals surface area (Å²) in [5, 5.41) is 15.4. The predicted octanol–water partition coefficient (Wildman–Crippen LogP) is 2.13. The highest BCUT2D eigenvalue weighted by atomic mass is 19.1. The lowest BCUT2D eigenvalue weighted by Crippen LogP contribution is -2.50. The highest BCUT2D eigenvalue weighted by Gasteiger charge is 2.28. The van der Waals surface area contributed by atoms with Crippen molar-refractivity contribution >= 4 is 6.03 Å². The molecule has 3 N–H and O–H groups in total. The van der Waals surface area contributed by atoms with Gasteiger partial charge in [-0.15, -0.1) is 0 Å². The maximum atomic E-state index is 13.6. The molecule has 23 heavy (non-hydrogen) atoms. The van der Waals surface area contributed by atoms with Crippen molar-refractivity contribution in [3.63, 3.8) is 0 Å². The van der Waals surface area contributed by atoms with E-state index < -0.39 is 11.9 Å². The van der Waals surface area contributed by atoms with Crippen LogP contribution < -0.4 is 10.6 Å². The molecule has 1 aromatic rings. The number of aliphatic hydroxyl groups is 1. The molecular weight excluding hydrogens is 297 g/mol. The zero-order valence-corrected chi connectivity index (χ0v) is 14.6. The number of hydrogen-bond acceptors (Lipinski definition) is 3. The Balaban J connectivity index is 2.49. The Kier molecular flexibility index (Phi) is 6.97. The minimum absolute atomic E-state index is 0.0480. The number of carbonyl (C=O) groups excluding carboxylic acids is 1. The van der Waals surface area contributed by atoms with Gasteiger partial charge in [0.15, 0.2) is 0 Å². The average Bonchev–Trinajstić information content (AvgIpc) is 2.43. The third-order valence-corrected chi connectivity index (χ3v) is 3.96. The SMILES string of the molecule is CC(NC(=O)NCC(O)c1ccccc1F)C(C)(C)CN(C)C. The van der Waals surface area contributed by atoms with Crippen molar-refractivity contribution in [2.45, 2.75) is 32.9 Å². The van der Waals surface area contributed by atoms with Crippen LogP contribution in [0.25, 0.3) is 0 Å². The van der Waals surface area contributed by atoms with Gasteiger partial charge in [0.2, 0.25) is 0 Å². The first kappa shape index (κ1) is 19.4. The van der Waals surface area contributed by atoms with Crippen molar-refractivity contribution in [1.29, 1.82) is 0 Å². The second kappa shape index (κ2) is 8.26. The molecule has 0 fully saturated rings. The maximum Gasteiger partial charge on any atom is 0.315 e. The fraction of sp³-hybridized carbons (Fsp3) is 0.588. The number of hydrogen-bond donors (Lipinski definition) is 3. The summed E-state index contributed by atoms with van der Waals surface area (Å²) in [5.41, 5.74) is 0.0686. The number of halogens is 1. The number of carbonyl (C=O) groups is 1. The van der Waals surface area contributed by atoms with Gasteiger partial charge in [-0.05, 0) is 32.5 Å². The molecule has 1 rings (SSSR count). The molecule has 6 heteroatoms. The molecule has 1 aromatic carbocycles. The van der Waals surface area contributed by atoms with E-state index in [1.54, 1.807) is 12.1 Å². The number of aliphatic hydroxyl groups excluding tert-OH is 1. The Morgan fingerprint density at radius 2 is 1.96 bits per heavy atom. The van der Waals surface area contributed by atoms with Crippen LogP contribution in [0.15, 0.2) is 24.3 Å². The van der Waals surface area contributed by atoms with E-state index in [2.05, 4.69) is 29.4 Å². The van der Waals surface area contributed by atoms with Crippen molar-refractivity contribution in [2.75, 3.05) is 27.2 Å². The largest absolute Gasteiger partial charge is 0.386 e. The van der Waals surface area contributed by atoms with E-state index in [-0.39, 0.29) is 29.6 Å². The molecule has 0 bridgehead atoms. The van der Waals surface area contributed by atoms with Crippen molar-refractivity contribution in [2.24, 2.45) is 5.41 Å². The van der Waals surface area contributed by atoms with Crippen LogP contribution in [0.4, 0.5) is 9.18 Å². The monoisotopic (exact) mass is 325 g/mol. The van der Waals surface area contributed by atoms with Crippen molar-refractivity contribution in [1.82, 2.24) is 15.5 Å². The molecule has 5 nitrogen and oxygen atoms in total. The van der Waals surface area contributed by atoms with Gasteiger partial charge in [0, 0.05) is 24.7 Å². The molecule has 0 aromatic heterocycles. The quantitative estimate of drug-likeness (QED) is 0.719. The normalized spacial score (nSPS) is 14.4. The molecule has 0 saturated heterocycles. The summed E-state index contributed by atoms with van der Waals surface area (Å²) in [6.07, 6.45) is -1.08. The van der Waals surface area contributed by atoms with Gasteiger partial charge in [-0.2, -0.15) is 0 Å². The van der Waals surface area contributed by atoms with Gasteiger partial charge in [0.25, 0.3) is 0 Å². The van der Waals surface area contributed by atoms with Gasteiger partial charge in [0.05, 0.1) is 6.10 Å². The summed E-state index contributed by atoms with van der Waals surface area (Å²) in [5.74, 6) is -0.484. The lowest BCUT2D eigenvalue weighted by molar-refractivity contribution is 0.161. The summed E-state index contributed by atoms with van der Waals surface area (Å²) in [7, 11) is 3.97. The van der Waals surface area contributed by atoms with E-state index in [0.29, 0.717) is 0 Å². The molecule has 0 aliphatic heterocycles. The molecule has 2 amide bonds. The van der Waals surface area contributed by atoms with Gasteiger partial charge >= 0.3 is 6.03 Å². The van der Waals surface area contributed by atoms with E-state index in [9.17, 15) is 14.3 Å². The first-order valence-electron chi connectivity index (χ1n) is 7.75. The predicted molar refractivity (Wildman–Crippen MR) is 89.7 cm³/mol. The molecule has 0 spiro atoms. The van der Waals surface area contributed by atoms with Gasteiger partial charge < -0.3 is 20.6 Å². The minimum Gasteiger partial charge on any atom is -0.386 e. The highest BCUT2D eigenvalue weighted by molar-refractivity contribution is 5.74. The zero-order chi connectivity index (χ0) is 17.6. The van der Waals surface area contributed by atoms with Crippen LogP contribution in [0.2, 0.25) is 0 Å². The Hall–Kier alpha value is -1.66. The second-order valence-corrected chi connectivity index (χ2v) is 6.84. The summed E-state index contributed by atoms with van der Waals surface area (Å²) < 4.78 is 13.6. The van der Waals surface area contributed by atoms with Gasteiger partial charge in [-0.25, -0.2) is 9.18 Å². The van der Waals surface area contributed by atoms with Crippen molar-refractivity contribution < 1.29 is 14.3 Å². The van der Waals surface area contributed by atoms with Crippen molar-refractivity contribution in [3.05, 3.63) is 35.6 Å². The lowest BCUT2D eigenvalue weighted by atomic mass is 9.85. The number of amides is 2. The molecule has 0 saturated carbocycles.